The zero-order chi connectivity index (χ0) is 22.9. The minimum atomic E-state index is -3.85. The molecule has 1 aliphatic heterocycles. The van der Waals surface area contributed by atoms with E-state index in [1.807, 2.05) is 38.1 Å². The number of imidazole rings is 1. The van der Waals surface area contributed by atoms with Crippen molar-refractivity contribution in [1.29, 1.82) is 0 Å². The lowest BCUT2D eigenvalue weighted by atomic mass is 10.0. The first-order chi connectivity index (χ1) is 15.3. The van der Waals surface area contributed by atoms with Crippen LogP contribution in [0.15, 0.2) is 47.4 Å². The molecular weight excluding hydrogens is 434 g/mol. The second-order valence-corrected chi connectivity index (χ2v) is 9.90. The molecule has 1 saturated heterocycles. The lowest BCUT2D eigenvalue weighted by Gasteiger charge is -2.26. The van der Waals surface area contributed by atoms with Gasteiger partial charge in [-0.05, 0) is 30.2 Å². The van der Waals surface area contributed by atoms with Gasteiger partial charge in [-0.25, -0.2) is 13.4 Å². The van der Waals surface area contributed by atoms with Crippen molar-refractivity contribution in [2.75, 3.05) is 31.6 Å². The molecule has 1 aliphatic rings. The number of hydrogen-bond acceptors (Lipinski definition) is 7. The second kappa shape index (κ2) is 8.85. The fourth-order valence-corrected chi connectivity index (χ4v) is 5.15. The van der Waals surface area contributed by atoms with E-state index in [1.54, 1.807) is 0 Å². The highest BCUT2D eigenvalue weighted by atomic mass is 32.2. The second-order valence-electron chi connectivity index (χ2n) is 7.96. The number of rotatable bonds is 7. The standard InChI is InChI=1S/C21H25N5O5S/c1-14(2)20(21-23-16-5-3-4-6-17(16)24-21)22-18-8-7-15(13-19(18)26(27)28)32(29,30)25-9-11-31-12-10-25/h3-8,13-14,20,22H,9-12H2,1-2H3,(H,23,24). The highest BCUT2D eigenvalue weighted by molar-refractivity contribution is 7.89. The van der Waals surface area contributed by atoms with Gasteiger partial charge < -0.3 is 15.0 Å². The molecule has 2 heterocycles. The molecule has 0 aliphatic carbocycles. The Morgan fingerprint density at radius 1 is 1.19 bits per heavy atom. The van der Waals surface area contributed by atoms with Gasteiger partial charge in [-0.1, -0.05) is 26.0 Å². The third-order valence-electron chi connectivity index (χ3n) is 5.45. The molecule has 3 aromatic rings. The number of nitro groups is 1. The van der Waals surface area contributed by atoms with Crippen LogP contribution in [0.2, 0.25) is 0 Å². The van der Waals surface area contributed by atoms with Gasteiger partial charge in [0.1, 0.15) is 11.5 Å². The van der Waals surface area contributed by atoms with E-state index >= 15 is 0 Å². The number of para-hydroxylation sites is 2. The number of nitro benzene ring substituents is 1. The van der Waals surface area contributed by atoms with Crippen molar-refractivity contribution < 1.29 is 18.1 Å². The van der Waals surface area contributed by atoms with Crippen molar-refractivity contribution >= 4 is 32.4 Å². The highest BCUT2D eigenvalue weighted by Crippen LogP contribution is 2.34. The average Bonchev–Trinajstić information content (AvgIpc) is 3.21. The molecule has 2 aromatic carbocycles. The normalized spacial score (nSPS) is 16.3. The third kappa shape index (κ3) is 4.31. The quantitative estimate of drug-likeness (QED) is 0.409. The Labute approximate surface area is 185 Å². The van der Waals surface area contributed by atoms with Gasteiger partial charge >= 0.3 is 0 Å². The van der Waals surface area contributed by atoms with Crippen LogP contribution in [0.5, 0.6) is 0 Å². The molecule has 10 nitrogen and oxygen atoms in total. The number of hydrogen-bond donors (Lipinski definition) is 2. The van der Waals surface area contributed by atoms with Gasteiger partial charge in [0.25, 0.3) is 5.69 Å². The van der Waals surface area contributed by atoms with Crippen LogP contribution < -0.4 is 5.32 Å². The molecule has 0 saturated carbocycles. The number of ether oxygens (including phenoxy) is 1. The van der Waals surface area contributed by atoms with Crippen LogP contribution in [0.1, 0.15) is 25.7 Å². The number of sulfonamides is 1. The zero-order valence-corrected chi connectivity index (χ0v) is 18.6. The first-order valence-corrected chi connectivity index (χ1v) is 11.8. The molecule has 11 heteroatoms. The van der Waals surface area contributed by atoms with E-state index in [9.17, 15) is 18.5 Å². The van der Waals surface area contributed by atoms with Crippen molar-refractivity contribution in [3.8, 4) is 0 Å². The topological polar surface area (TPSA) is 130 Å². The Hall–Kier alpha value is -3.02. The van der Waals surface area contributed by atoms with Gasteiger partial charge in [-0.15, -0.1) is 0 Å². The first kappa shape index (κ1) is 22.2. The lowest BCUT2D eigenvalue weighted by molar-refractivity contribution is -0.384. The number of benzene rings is 2. The van der Waals surface area contributed by atoms with Crippen molar-refractivity contribution in [3.05, 3.63) is 58.4 Å². The summed E-state index contributed by atoms with van der Waals surface area (Å²) in [5, 5.41) is 15.0. The molecule has 1 aromatic heterocycles. The van der Waals surface area contributed by atoms with E-state index in [0.717, 1.165) is 17.1 Å². The number of nitrogens with one attached hydrogen (secondary N) is 2. The van der Waals surface area contributed by atoms with Crippen molar-refractivity contribution in [2.45, 2.75) is 24.8 Å². The number of morpholine rings is 1. The molecule has 2 N–H and O–H groups in total. The molecule has 1 atom stereocenters. The van der Waals surface area contributed by atoms with E-state index in [2.05, 4.69) is 15.3 Å². The van der Waals surface area contributed by atoms with Crippen molar-refractivity contribution in [1.82, 2.24) is 14.3 Å². The van der Waals surface area contributed by atoms with Gasteiger partial charge in [0.05, 0.1) is 40.1 Å². The molecular formula is C21H25N5O5S. The summed E-state index contributed by atoms with van der Waals surface area (Å²) in [4.78, 5) is 19.0. The van der Waals surface area contributed by atoms with Gasteiger partial charge in [0.15, 0.2) is 0 Å². The molecule has 0 amide bonds. The van der Waals surface area contributed by atoms with E-state index < -0.39 is 14.9 Å². The van der Waals surface area contributed by atoms with E-state index in [4.69, 9.17) is 4.74 Å². The summed E-state index contributed by atoms with van der Waals surface area (Å²) in [6.45, 7) is 5.00. The number of aromatic nitrogens is 2. The van der Waals surface area contributed by atoms with E-state index in [-0.39, 0.29) is 41.3 Å². The Balaban J connectivity index is 1.68. The first-order valence-electron chi connectivity index (χ1n) is 10.3. The third-order valence-corrected chi connectivity index (χ3v) is 7.35. The molecule has 1 unspecified atom stereocenters. The number of nitrogens with zero attached hydrogens (tertiary/aromatic N) is 3. The Bertz CT molecular complexity index is 1200. The summed E-state index contributed by atoms with van der Waals surface area (Å²) in [5.74, 6) is 0.701. The summed E-state index contributed by atoms with van der Waals surface area (Å²) < 4.78 is 32.4. The molecule has 0 bridgehead atoms. The summed E-state index contributed by atoms with van der Waals surface area (Å²) in [7, 11) is -3.85. The summed E-state index contributed by atoms with van der Waals surface area (Å²) in [6, 6.07) is 11.2. The van der Waals surface area contributed by atoms with E-state index in [1.165, 1.54) is 16.4 Å². The van der Waals surface area contributed by atoms with Gasteiger partial charge in [0, 0.05) is 19.2 Å². The molecule has 0 radical (unpaired) electrons. The van der Waals surface area contributed by atoms with Crippen LogP contribution in [0.4, 0.5) is 11.4 Å². The Morgan fingerprint density at radius 2 is 1.91 bits per heavy atom. The largest absolute Gasteiger partial charge is 0.379 e. The maximum absolute atomic E-state index is 12.9. The summed E-state index contributed by atoms with van der Waals surface area (Å²) in [5.41, 5.74) is 1.60. The van der Waals surface area contributed by atoms with Crippen LogP contribution in [-0.2, 0) is 14.8 Å². The molecule has 1 fully saturated rings. The number of fused-ring (bicyclic) bond motifs is 1. The van der Waals surface area contributed by atoms with E-state index in [0.29, 0.717) is 19.0 Å². The van der Waals surface area contributed by atoms with Crippen molar-refractivity contribution in [3.63, 3.8) is 0 Å². The summed E-state index contributed by atoms with van der Waals surface area (Å²) >= 11 is 0. The van der Waals surface area contributed by atoms with Gasteiger partial charge in [-0.2, -0.15) is 4.31 Å². The minimum absolute atomic E-state index is 0.0481. The fourth-order valence-electron chi connectivity index (χ4n) is 3.72. The average molecular weight is 460 g/mol. The fraction of sp³-hybridized carbons (Fsp3) is 0.381. The molecule has 4 rings (SSSR count). The smallest absolute Gasteiger partial charge is 0.293 e. The monoisotopic (exact) mass is 459 g/mol. The van der Waals surface area contributed by atoms with Crippen LogP contribution >= 0.6 is 0 Å². The van der Waals surface area contributed by atoms with Crippen LogP contribution in [0.25, 0.3) is 11.0 Å². The number of H-pyrrole nitrogens is 1. The highest BCUT2D eigenvalue weighted by Gasteiger charge is 2.30. The number of aromatic amines is 1. The minimum Gasteiger partial charge on any atom is -0.379 e. The Morgan fingerprint density at radius 3 is 2.56 bits per heavy atom. The molecule has 32 heavy (non-hydrogen) atoms. The molecule has 170 valence electrons. The van der Waals surface area contributed by atoms with Crippen molar-refractivity contribution in [2.24, 2.45) is 5.92 Å². The van der Waals surface area contributed by atoms with Crippen LogP contribution in [0, 0.1) is 16.0 Å². The SMILES string of the molecule is CC(C)C(Nc1ccc(S(=O)(=O)N2CCOCC2)cc1[N+](=O)[O-])c1nc2ccccc2[nH]1. The summed E-state index contributed by atoms with van der Waals surface area (Å²) in [6.07, 6.45) is 0. The maximum Gasteiger partial charge on any atom is 0.293 e. The molecule has 0 spiro atoms. The lowest BCUT2D eigenvalue weighted by Crippen LogP contribution is -2.40. The number of anilines is 1. The predicted molar refractivity (Wildman–Crippen MR) is 120 cm³/mol. The van der Waals surface area contributed by atoms with Crippen LogP contribution in [-0.4, -0.2) is 53.9 Å². The maximum atomic E-state index is 12.9. The van der Waals surface area contributed by atoms with Gasteiger partial charge in [0.2, 0.25) is 10.0 Å². The van der Waals surface area contributed by atoms with Crippen LogP contribution in [0.3, 0.4) is 0 Å². The Kier molecular flexibility index (Phi) is 6.13. The predicted octanol–water partition coefficient (Wildman–Crippen LogP) is 3.30. The zero-order valence-electron chi connectivity index (χ0n) is 17.8. The van der Waals surface area contributed by atoms with Gasteiger partial charge in [-0.3, -0.25) is 10.1 Å².